The van der Waals surface area contributed by atoms with Crippen molar-refractivity contribution in [3.05, 3.63) is 29.9 Å². The van der Waals surface area contributed by atoms with Gasteiger partial charge in [-0.05, 0) is 6.08 Å². The van der Waals surface area contributed by atoms with Gasteiger partial charge in [-0.1, -0.05) is 6.58 Å². The van der Waals surface area contributed by atoms with Gasteiger partial charge < -0.3 is 4.98 Å². The molecule has 0 aliphatic carbocycles. The Morgan fingerprint density at radius 3 is 2.62 bits per heavy atom. The number of ketones is 1. The lowest BCUT2D eigenvalue weighted by Crippen LogP contribution is -1.96. The highest BCUT2D eigenvalue weighted by molar-refractivity contribution is 6.01. The summed E-state index contributed by atoms with van der Waals surface area (Å²) in [6, 6.07) is 3.41. The molecular weight excluding hydrogens is 168 g/mol. The minimum atomic E-state index is -0.446. The van der Waals surface area contributed by atoms with Gasteiger partial charge in [0, 0.05) is 0 Å². The molecule has 0 aliphatic heterocycles. The average molecular weight is 172 g/mol. The molecule has 1 aromatic rings. The molecule has 1 aromatic heterocycles. The molecule has 0 saturated carbocycles. The maximum atomic E-state index is 11.0. The number of nitriles is 2. The second kappa shape index (κ2) is 3.33. The Bertz CT molecular complexity index is 412. The van der Waals surface area contributed by atoms with Crippen LogP contribution in [0, 0.1) is 22.7 Å². The van der Waals surface area contributed by atoms with Gasteiger partial charge in [0.25, 0.3) is 0 Å². The number of carbonyl (C=O) groups is 1. The van der Waals surface area contributed by atoms with Crippen LogP contribution >= 0.6 is 0 Å². The first-order chi connectivity index (χ1) is 6.22. The number of hydrogen-bond acceptors (Lipinski definition) is 4. The number of carbonyl (C=O) groups excluding carboxylic acids is 1. The summed E-state index contributed by atoms with van der Waals surface area (Å²) in [5, 5.41) is 17.0. The van der Waals surface area contributed by atoms with E-state index >= 15 is 0 Å². The largest absolute Gasteiger partial charge is 0.326 e. The molecule has 0 aliphatic rings. The van der Waals surface area contributed by atoms with Crippen molar-refractivity contribution in [3.8, 4) is 12.1 Å². The van der Waals surface area contributed by atoms with Crippen LogP contribution in [-0.4, -0.2) is 15.8 Å². The first-order valence-electron chi connectivity index (χ1n) is 3.30. The molecule has 0 spiro atoms. The molecular formula is C8H4N4O. The average Bonchev–Trinajstić information content (AvgIpc) is 2.59. The lowest BCUT2D eigenvalue weighted by Gasteiger charge is -1.83. The lowest BCUT2D eigenvalue weighted by molar-refractivity contribution is 0.103. The molecule has 1 N–H and O–H groups in total. The highest BCUT2D eigenvalue weighted by Gasteiger charge is 2.12. The summed E-state index contributed by atoms with van der Waals surface area (Å²) in [6.45, 7) is 3.25. The molecule has 0 unspecified atom stereocenters. The van der Waals surface area contributed by atoms with Crippen LogP contribution in [0.2, 0.25) is 0 Å². The maximum Gasteiger partial charge on any atom is 0.220 e. The zero-order chi connectivity index (χ0) is 9.84. The second-order valence-electron chi connectivity index (χ2n) is 2.10. The summed E-state index contributed by atoms with van der Waals surface area (Å²) in [5.41, 5.74) is -0.0830. The van der Waals surface area contributed by atoms with Gasteiger partial charge in [0.15, 0.2) is 17.2 Å². The molecule has 5 nitrogen and oxygen atoms in total. The number of hydrogen-bond donors (Lipinski definition) is 1. The van der Waals surface area contributed by atoms with Gasteiger partial charge in [-0.2, -0.15) is 10.5 Å². The third-order valence-electron chi connectivity index (χ3n) is 1.34. The second-order valence-corrected chi connectivity index (χ2v) is 2.10. The summed E-state index contributed by atoms with van der Waals surface area (Å²) in [5.74, 6) is -0.485. The Morgan fingerprint density at radius 1 is 1.54 bits per heavy atom. The van der Waals surface area contributed by atoms with E-state index in [0.29, 0.717) is 0 Å². The summed E-state index contributed by atoms with van der Waals surface area (Å²) < 4.78 is 0. The molecule has 1 heterocycles. The van der Waals surface area contributed by atoms with Crippen molar-refractivity contribution in [2.45, 2.75) is 0 Å². The standard InChI is InChI=1S/C8H4N4O/c1-2-7(13)8-11-5(3-9)6(4-10)12-8/h2H,1H2,(H,11,12). The quantitative estimate of drug-likeness (QED) is 0.519. The molecule has 13 heavy (non-hydrogen) atoms. The fraction of sp³-hybridized carbons (Fsp3) is 0. The van der Waals surface area contributed by atoms with Crippen LogP contribution in [0.3, 0.4) is 0 Å². The van der Waals surface area contributed by atoms with Gasteiger partial charge in [-0.25, -0.2) is 4.98 Å². The molecule has 0 amide bonds. The maximum absolute atomic E-state index is 11.0. The minimum Gasteiger partial charge on any atom is -0.326 e. The molecule has 1 rings (SSSR count). The van der Waals surface area contributed by atoms with Gasteiger partial charge in [0.2, 0.25) is 5.78 Å². The van der Waals surface area contributed by atoms with Crippen LogP contribution in [0.4, 0.5) is 0 Å². The van der Waals surface area contributed by atoms with Gasteiger partial charge in [-0.3, -0.25) is 4.79 Å². The van der Waals surface area contributed by atoms with E-state index in [1.807, 2.05) is 0 Å². The third-order valence-corrected chi connectivity index (χ3v) is 1.34. The molecule has 62 valence electrons. The molecule has 0 aromatic carbocycles. The van der Waals surface area contributed by atoms with Gasteiger partial charge in [-0.15, -0.1) is 0 Å². The number of H-pyrrole nitrogens is 1. The summed E-state index contributed by atoms with van der Waals surface area (Å²) in [7, 11) is 0. The van der Waals surface area contributed by atoms with Crippen LogP contribution in [0.1, 0.15) is 22.0 Å². The van der Waals surface area contributed by atoms with E-state index in [1.54, 1.807) is 12.1 Å². The SMILES string of the molecule is C=CC(=O)c1nc(C#N)c(C#N)[nH]1. The molecule has 5 heteroatoms. The van der Waals surface area contributed by atoms with Gasteiger partial charge in [0.1, 0.15) is 12.1 Å². The number of nitrogens with one attached hydrogen (secondary N) is 1. The van der Waals surface area contributed by atoms with Gasteiger partial charge >= 0.3 is 0 Å². The molecule has 0 bridgehead atoms. The molecule has 0 saturated heterocycles. The zero-order valence-corrected chi connectivity index (χ0v) is 6.53. The molecule has 0 fully saturated rings. The minimum absolute atomic E-state index is 0.00676. The van der Waals surface area contributed by atoms with Crippen LogP contribution in [0.25, 0.3) is 0 Å². The highest BCUT2D eigenvalue weighted by atomic mass is 16.1. The highest BCUT2D eigenvalue weighted by Crippen LogP contribution is 2.04. The van der Waals surface area contributed by atoms with Gasteiger partial charge in [0.05, 0.1) is 0 Å². The Labute approximate surface area is 73.9 Å². The van der Waals surface area contributed by atoms with Crippen molar-refractivity contribution >= 4 is 5.78 Å². The normalized spacial score (nSPS) is 8.46. The number of rotatable bonds is 2. The zero-order valence-electron chi connectivity index (χ0n) is 6.53. The summed E-state index contributed by atoms with van der Waals surface area (Å²) in [4.78, 5) is 17.0. The van der Waals surface area contributed by atoms with Crippen LogP contribution in [0.5, 0.6) is 0 Å². The summed E-state index contributed by atoms with van der Waals surface area (Å²) >= 11 is 0. The van der Waals surface area contributed by atoms with E-state index in [2.05, 4.69) is 16.5 Å². The number of imidazole rings is 1. The number of nitrogens with zero attached hydrogens (tertiary/aromatic N) is 3. The predicted molar refractivity (Wildman–Crippen MR) is 42.5 cm³/mol. The monoisotopic (exact) mass is 172 g/mol. The number of allylic oxidation sites excluding steroid dienone is 1. The van der Waals surface area contributed by atoms with Crippen molar-refractivity contribution in [1.29, 1.82) is 10.5 Å². The predicted octanol–water partition coefficient (Wildman–Crippen LogP) is 0.522. The number of aromatic nitrogens is 2. The third kappa shape index (κ3) is 1.44. The fourth-order valence-corrected chi connectivity index (χ4v) is 0.748. The van der Waals surface area contributed by atoms with Crippen molar-refractivity contribution in [2.24, 2.45) is 0 Å². The van der Waals surface area contributed by atoms with E-state index in [4.69, 9.17) is 10.5 Å². The Balaban J connectivity index is 3.25. The van der Waals surface area contributed by atoms with E-state index in [-0.39, 0.29) is 17.2 Å². The van der Waals surface area contributed by atoms with E-state index in [0.717, 1.165) is 6.08 Å². The van der Waals surface area contributed by atoms with Crippen molar-refractivity contribution < 1.29 is 4.79 Å². The van der Waals surface area contributed by atoms with Crippen molar-refractivity contribution in [1.82, 2.24) is 9.97 Å². The van der Waals surface area contributed by atoms with Crippen molar-refractivity contribution in [3.63, 3.8) is 0 Å². The Kier molecular flexibility index (Phi) is 2.23. The van der Waals surface area contributed by atoms with E-state index in [1.165, 1.54) is 0 Å². The van der Waals surface area contributed by atoms with Crippen molar-refractivity contribution in [2.75, 3.05) is 0 Å². The molecule has 0 radical (unpaired) electrons. The first-order valence-corrected chi connectivity index (χ1v) is 3.30. The number of aromatic amines is 1. The van der Waals surface area contributed by atoms with E-state index in [9.17, 15) is 4.79 Å². The Hall–Kier alpha value is -2.40. The lowest BCUT2D eigenvalue weighted by atomic mass is 10.4. The van der Waals surface area contributed by atoms with Crippen LogP contribution < -0.4 is 0 Å². The summed E-state index contributed by atoms with van der Waals surface area (Å²) in [6.07, 6.45) is 1.06. The molecule has 0 atom stereocenters. The van der Waals surface area contributed by atoms with Crippen LogP contribution in [0.15, 0.2) is 12.7 Å². The Morgan fingerprint density at radius 2 is 2.23 bits per heavy atom. The fourth-order valence-electron chi connectivity index (χ4n) is 0.748. The first kappa shape index (κ1) is 8.69. The topological polar surface area (TPSA) is 93.3 Å². The van der Waals surface area contributed by atoms with Crippen LogP contribution in [-0.2, 0) is 0 Å². The van der Waals surface area contributed by atoms with E-state index < -0.39 is 5.78 Å². The smallest absolute Gasteiger partial charge is 0.220 e.